The second-order valence-electron chi connectivity index (χ2n) is 7.15. The molecule has 1 amide bonds. The number of carbonyl (C=O) groups is 2. The van der Waals surface area contributed by atoms with Crippen LogP contribution in [-0.4, -0.2) is 18.5 Å². The zero-order valence-corrected chi connectivity index (χ0v) is 17.5. The van der Waals surface area contributed by atoms with Gasteiger partial charge in [0.1, 0.15) is 11.5 Å². The van der Waals surface area contributed by atoms with E-state index in [0.29, 0.717) is 24.5 Å². The van der Waals surface area contributed by atoms with Crippen LogP contribution in [0.4, 0.5) is 5.69 Å². The van der Waals surface area contributed by atoms with Crippen molar-refractivity contribution in [2.45, 2.75) is 32.1 Å². The number of hydrogen-bond acceptors (Lipinski definition) is 4. The Morgan fingerprint density at radius 2 is 1.35 bits per heavy atom. The van der Waals surface area contributed by atoms with Crippen LogP contribution in [0.3, 0.4) is 0 Å². The Morgan fingerprint density at radius 3 is 2.06 bits per heavy atom. The first-order valence-corrected chi connectivity index (χ1v) is 10.5. The molecule has 0 spiro atoms. The summed E-state index contributed by atoms with van der Waals surface area (Å²) in [5, 5.41) is 2.83. The smallest absolute Gasteiger partial charge is 0.305 e. The highest BCUT2D eigenvalue weighted by Gasteiger charge is 2.07. The van der Waals surface area contributed by atoms with Crippen molar-refractivity contribution in [3.63, 3.8) is 0 Å². The average Bonchev–Trinajstić information content (AvgIpc) is 2.79. The first-order chi connectivity index (χ1) is 15.2. The Morgan fingerprint density at radius 1 is 0.710 bits per heavy atom. The van der Waals surface area contributed by atoms with Gasteiger partial charge < -0.3 is 14.8 Å². The van der Waals surface area contributed by atoms with Crippen molar-refractivity contribution >= 4 is 17.6 Å². The lowest BCUT2D eigenvalue weighted by Gasteiger charge is -2.08. The lowest BCUT2D eigenvalue weighted by atomic mass is 10.1. The van der Waals surface area contributed by atoms with Crippen molar-refractivity contribution < 1.29 is 19.1 Å². The molecule has 0 unspecified atom stereocenters. The number of carbonyl (C=O) groups excluding carboxylic acids is 2. The molecular formula is C26H27NO4. The van der Waals surface area contributed by atoms with Crippen molar-refractivity contribution in [3.8, 4) is 11.5 Å². The molecule has 1 N–H and O–H groups in total. The predicted molar refractivity (Wildman–Crippen MR) is 121 cm³/mol. The second-order valence-corrected chi connectivity index (χ2v) is 7.15. The van der Waals surface area contributed by atoms with Gasteiger partial charge in [0.25, 0.3) is 0 Å². The van der Waals surface area contributed by atoms with E-state index in [-0.39, 0.29) is 24.7 Å². The summed E-state index contributed by atoms with van der Waals surface area (Å²) in [5.74, 6) is 1.06. The molecule has 0 aromatic heterocycles. The Hall–Kier alpha value is -3.60. The minimum atomic E-state index is -0.261. The maximum absolute atomic E-state index is 12.1. The average molecular weight is 418 g/mol. The van der Waals surface area contributed by atoms with Crippen molar-refractivity contribution in [2.24, 2.45) is 0 Å². The van der Waals surface area contributed by atoms with Gasteiger partial charge in [0, 0.05) is 18.5 Å². The molecule has 160 valence electrons. The van der Waals surface area contributed by atoms with Crippen LogP contribution < -0.4 is 10.1 Å². The zero-order valence-electron chi connectivity index (χ0n) is 17.5. The summed E-state index contributed by atoms with van der Waals surface area (Å²) < 4.78 is 11.0. The molecule has 0 heterocycles. The minimum Gasteiger partial charge on any atom is -0.466 e. The number of benzene rings is 3. The van der Waals surface area contributed by atoms with Crippen molar-refractivity contribution in [2.75, 3.05) is 11.9 Å². The number of aryl methyl sites for hydroxylation is 1. The number of para-hydroxylation sites is 1. The van der Waals surface area contributed by atoms with Crippen LogP contribution in [0.1, 0.15) is 31.2 Å². The number of hydrogen-bond donors (Lipinski definition) is 1. The molecule has 3 aromatic rings. The lowest BCUT2D eigenvalue weighted by molar-refractivity contribution is -0.143. The van der Waals surface area contributed by atoms with Crippen LogP contribution in [0.2, 0.25) is 0 Å². The largest absolute Gasteiger partial charge is 0.466 e. The summed E-state index contributed by atoms with van der Waals surface area (Å²) in [4.78, 5) is 23.9. The molecule has 3 rings (SSSR count). The van der Waals surface area contributed by atoms with Gasteiger partial charge in [-0.2, -0.15) is 0 Å². The Kier molecular flexibility index (Phi) is 8.68. The fourth-order valence-corrected chi connectivity index (χ4v) is 3.03. The van der Waals surface area contributed by atoms with Crippen LogP contribution in [0.15, 0.2) is 84.9 Å². The van der Waals surface area contributed by atoms with Gasteiger partial charge in [-0.3, -0.25) is 9.59 Å². The molecule has 0 aliphatic carbocycles. The number of ether oxygens (including phenoxy) is 2. The second kappa shape index (κ2) is 12.2. The molecule has 0 aliphatic rings. The number of nitrogens with one attached hydrogen (secondary N) is 1. The first kappa shape index (κ1) is 22.1. The van der Waals surface area contributed by atoms with E-state index in [1.165, 1.54) is 5.56 Å². The SMILES string of the molecule is O=C(CCCC(=O)OCCCc1ccccc1)Nc1ccc(Oc2ccccc2)cc1. The van der Waals surface area contributed by atoms with Crippen LogP contribution in [-0.2, 0) is 20.7 Å². The van der Waals surface area contributed by atoms with Crippen LogP contribution in [0.25, 0.3) is 0 Å². The molecule has 5 heteroatoms. The molecule has 0 saturated carbocycles. The highest BCUT2D eigenvalue weighted by Crippen LogP contribution is 2.22. The number of rotatable bonds is 11. The quantitative estimate of drug-likeness (QED) is 0.318. The van der Waals surface area contributed by atoms with Crippen LogP contribution in [0, 0.1) is 0 Å². The topological polar surface area (TPSA) is 64.6 Å². The fraction of sp³-hybridized carbons (Fsp3) is 0.231. The van der Waals surface area contributed by atoms with E-state index in [4.69, 9.17) is 9.47 Å². The maximum atomic E-state index is 12.1. The minimum absolute atomic E-state index is 0.131. The van der Waals surface area contributed by atoms with Gasteiger partial charge in [0.2, 0.25) is 5.91 Å². The van der Waals surface area contributed by atoms with Gasteiger partial charge in [0.05, 0.1) is 6.61 Å². The molecule has 3 aromatic carbocycles. The standard InChI is InChI=1S/C26H27NO4/c28-25(14-7-15-26(29)30-20-8-11-21-9-3-1-4-10-21)27-22-16-18-24(19-17-22)31-23-12-5-2-6-13-23/h1-6,9-10,12-13,16-19H,7-8,11,14-15,20H2,(H,27,28). The highest BCUT2D eigenvalue weighted by atomic mass is 16.5. The van der Waals surface area contributed by atoms with E-state index in [9.17, 15) is 9.59 Å². The number of anilines is 1. The summed E-state index contributed by atoms with van der Waals surface area (Å²) in [6.07, 6.45) is 2.63. The summed E-state index contributed by atoms with van der Waals surface area (Å²) in [5.41, 5.74) is 1.92. The van der Waals surface area contributed by atoms with Crippen molar-refractivity contribution in [1.29, 1.82) is 0 Å². The Balaban J connectivity index is 1.28. The van der Waals surface area contributed by atoms with E-state index in [1.807, 2.05) is 48.5 Å². The van der Waals surface area contributed by atoms with Crippen molar-refractivity contribution in [3.05, 3.63) is 90.5 Å². The molecular weight excluding hydrogens is 390 g/mol. The van der Waals surface area contributed by atoms with Crippen LogP contribution in [0.5, 0.6) is 11.5 Å². The molecule has 0 saturated heterocycles. The number of amides is 1. The third kappa shape index (κ3) is 8.34. The summed E-state index contributed by atoms with van der Waals surface area (Å²) in [6.45, 7) is 0.400. The van der Waals surface area contributed by atoms with Gasteiger partial charge in [0.15, 0.2) is 0 Å². The van der Waals surface area contributed by atoms with Crippen LogP contribution >= 0.6 is 0 Å². The van der Waals surface area contributed by atoms with E-state index in [1.54, 1.807) is 24.3 Å². The molecule has 0 atom stereocenters. The van der Waals surface area contributed by atoms with Gasteiger partial charge in [-0.25, -0.2) is 0 Å². The van der Waals surface area contributed by atoms with Gasteiger partial charge in [-0.15, -0.1) is 0 Å². The number of esters is 1. The van der Waals surface area contributed by atoms with E-state index in [0.717, 1.165) is 18.6 Å². The van der Waals surface area contributed by atoms with E-state index < -0.39 is 0 Å². The van der Waals surface area contributed by atoms with Gasteiger partial charge in [-0.1, -0.05) is 48.5 Å². The van der Waals surface area contributed by atoms with Gasteiger partial charge >= 0.3 is 5.97 Å². The zero-order chi connectivity index (χ0) is 21.7. The summed E-state index contributed by atoms with van der Waals surface area (Å²) in [7, 11) is 0. The molecule has 0 fully saturated rings. The van der Waals surface area contributed by atoms with E-state index in [2.05, 4.69) is 17.4 Å². The van der Waals surface area contributed by atoms with Gasteiger partial charge in [-0.05, 0) is 61.2 Å². The fourth-order valence-electron chi connectivity index (χ4n) is 3.03. The molecule has 5 nitrogen and oxygen atoms in total. The Bertz CT molecular complexity index is 940. The first-order valence-electron chi connectivity index (χ1n) is 10.5. The summed E-state index contributed by atoms with van der Waals surface area (Å²) >= 11 is 0. The highest BCUT2D eigenvalue weighted by molar-refractivity contribution is 5.90. The van der Waals surface area contributed by atoms with Crippen molar-refractivity contribution in [1.82, 2.24) is 0 Å². The Labute approximate surface area is 183 Å². The maximum Gasteiger partial charge on any atom is 0.305 e. The van der Waals surface area contributed by atoms with E-state index >= 15 is 0 Å². The monoisotopic (exact) mass is 417 g/mol. The molecule has 0 aliphatic heterocycles. The predicted octanol–water partition coefficient (Wildman–Crippen LogP) is 5.76. The molecule has 0 radical (unpaired) electrons. The third-order valence-corrected chi connectivity index (χ3v) is 4.62. The normalized spacial score (nSPS) is 10.3. The molecule has 0 bridgehead atoms. The lowest BCUT2D eigenvalue weighted by Crippen LogP contribution is -2.13. The molecule has 31 heavy (non-hydrogen) atoms. The third-order valence-electron chi connectivity index (χ3n) is 4.62. The summed E-state index contributed by atoms with van der Waals surface area (Å²) in [6, 6.07) is 26.8.